The molecule has 1 aromatic heterocycles. The highest BCUT2D eigenvalue weighted by molar-refractivity contribution is 6.30. The molecular weight excluding hydrogens is 386 g/mol. The van der Waals surface area contributed by atoms with Gasteiger partial charge in [-0.3, -0.25) is 9.48 Å². The molecule has 0 radical (unpaired) electrons. The Balaban J connectivity index is 1.52. The van der Waals surface area contributed by atoms with Gasteiger partial charge < -0.3 is 9.64 Å². The quantitative estimate of drug-likeness (QED) is 0.503. The molecule has 0 aliphatic rings. The molecule has 2 aromatic carbocycles. The largest absolute Gasteiger partial charge is 0.494 e. The third-order valence-corrected chi connectivity index (χ3v) is 4.93. The van der Waals surface area contributed by atoms with Crippen molar-refractivity contribution >= 4 is 17.5 Å². The Labute approximate surface area is 176 Å². The third kappa shape index (κ3) is 5.84. The van der Waals surface area contributed by atoms with Gasteiger partial charge in [0.15, 0.2) is 0 Å². The van der Waals surface area contributed by atoms with Crippen molar-refractivity contribution in [2.45, 2.75) is 26.8 Å². The Morgan fingerprint density at radius 1 is 1.14 bits per heavy atom. The van der Waals surface area contributed by atoms with Gasteiger partial charge in [0, 0.05) is 29.9 Å². The van der Waals surface area contributed by atoms with Crippen molar-refractivity contribution in [2.24, 2.45) is 0 Å². The molecule has 3 aromatic rings. The van der Waals surface area contributed by atoms with Gasteiger partial charge in [-0.05, 0) is 68.3 Å². The number of aryl methyl sites for hydroxylation is 2. The van der Waals surface area contributed by atoms with Crippen LogP contribution in [0.4, 0.5) is 0 Å². The van der Waals surface area contributed by atoms with E-state index in [1.807, 2.05) is 62.0 Å². The molecule has 0 aliphatic carbocycles. The lowest BCUT2D eigenvalue weighted by Crippen LogP contribution is -2.28. The fraction of sp³-hybridized carbons (Fsp3) is 0.304. The molecule has 1 amide bonds. The van der Waals surface area contributed by atoms with Gasteiger partial charge in [-0.2, -0.15) is 5.10 Å². The second kappa shape index (κ2) is 9.61. The molecule has 0 spiro atoms. The summed E-state index contributed by atoms with van der Waals surface area (Å²) < 4.78 is 7.64. The van der Waals surface area contributed by atoms with Crippen molar-refractivity contribution in [2.75, 3.05) is 20.2 Å². The van der Waals surface area contributed by atoms with Crippen molar-refractivity contribution in [3.63, 3.8) is 0 Å². The van der Waals surface area contributed by atoms with Crippen LogP contribution in [0.2, 0.25) is 5.02 Å². The zero-order valence-electron chi connectivity index (χ0n) is 17.1. The number of nitrogens with zero attached hydrogens (tertiary/aromatic N) is 3. The summed E-state index contributed by atoms with van der Waals surface area (Å²) >= 11 is 5.87. The van der Waals surface area contributed by atoms with E-state index < -0.39 is 0 Å². The molecule has 29 heavy (non-hydrogen) atoms. The number of hydrogen-bond acceptors (Lipinski definition) is 3. The maximum Gasteiger partial charge on any atom is 0.253 e. The van der Waals surface area contributed by atoms with Crippen LogP contribution in [0, 0.1) is 13.8 Å². The molecule has 0 bridgehead atoms. The summed E-state index contributed by atoms with van der Waals surface area (Å²) in [4.78, 5) is 14.5. The number of rotatable bonds is 8. The number of halogens is 1. The van der Waals surface area contributed by atoms with Crippen molar-refractivity contribution in [3.05, 3.63) is 82.1 Å². The van der Waals surface area contributed by atoms with E-state index >= 15 is 0 Å². The van der Waals surface area contributed by atoms with E-state index in [0.717, 1.165) is 29.1 Å². The zero-order chi connectivity index (χ0) is 20.8. The van der Waals surface area contributed by atoms with E-state index in [1.165, 1.54) is 0 Å². The van der Waals surface area contributed by atoms with Crippen LogP contribution in [-0.2, 0) is 6.54 Å². The fourth-order valence-electron chi connectivity index (χ4n) is 3.16. The Bertz CT molecular complexity index is 967. The molecule has 0 atom stereocenters. The van der Waals surface area contributed by atoms with Crippen LogP contribution in [0.5, 0.6) is 5.75 Å². The average Bonchev–Trinajstić information content (AvgIpc) is 3.02. The van der Waals surface area contributed by atoms with Crippen LogP contribution in [0.3, 0.4) is 0 Å². The summed E-state index contributed by atoms with van der Waals surface area (Å²) in [6.07, 6.45) is 0.746. The minimum absolute atomic E-state index is 0.00621. The first-order valence-electron chi connectivity index (χ1n) is 9.66. The van der Waals surface area contributed by atoms with Crippen LogP contribution in [-0.4, -0.2) is 40.8 Å². The number of carbonyl (C=O) groups is 1. The number of hydrogen-bond donors (Lipinski definition) is 0. The second-order valence-electron chi connectivity index (χ2n) is 7.17. The SMILES string of the molecule is Cc1cc(C)n(Cc2cccc(C(=O)N(C)CCCOc3ccc(Cl)cc3)c2)n1. The third-order valence-electron chi connectivity index (χ3n) is 4.68. The highest BCUT2D eigenvalue weighted by Crippen LogP contribution is 2.16. The first-order chi connectivity index (χ1) is 13.9. The fourth-order valence-corrected chi connectivity index (χ4v) is 3.28. The molecule has 0 unspecified atom stereocenters. The van der Waals surface area contributed by atoms with Crippen LogP contribution in [0.25, 0.3) is 0 Å². The number of carbonyl (C=O) groups excluding carboxylic acids is 1. The minimum atomic E-state index is 0.00621. The van der Waals surface area contributed by atoms with E-state index in [9.17, 15) is 4.79 Å². The van der Waals surface area contributed by atoms with Crippen LogP contribution >= 0.6 is 11.6 Å². The standard InChI is InChI=1S/C23H26ClN3O2/c1-17-14-18(2)27(25-17)16-19-6-4-7-20(15-19)23(28)26(3)12-5-13-29-22-10-8-21(24)9-11-22/h4,6-11,14-15H,5,12-13,16H2,1-3H3. The van der Waals surface area contributed by atoms with Gasteiger partial charge in [0.05, 0.1) is 18.8 Å². The molecule has 0 aliphatic heterocycles. The lowest BCUT2D eigenvalue weighted by Gasteiger charge is -2.18. The monoisotopic (exact) mass is 411 g/mol. The second-order valence-corrected chi connectivity index (χ2v) is 7.60. The molecule has 152 valence electrons. The summed E-state index contributed by atoms with van der Waals surface area (Å²) in [5.41, 5.74) is 3.85. The maximum absolute atomic E-state index is 12.8. The molecule has 0 saturated heterocycles. The molecule has 0 fully saturated rings. The number of aromatic nitrogens is 2. The van der Waals surface area contributed by atoms with Gasteiger partial charge in [0.1, 0.15) is 5.75 Å². The Kier molecular flexibility index (Phi) is 6.94. The van der Waals surface area contributed by atoms with E-state index in [0.29, 0.717) is 30.3 Å². The first-order valence-corrected chi connectivity index (χ1v) is 10.0. The highest BCUT2D eigenvalue weighted by Gasteiger charge is 2.12. The Morgan fingerprint density at radius 2 is 1.90 bits per heavy atom. The van der Waals surface area contributed by atoms with Crippen molar-refractivity contribution in [3.8, 4) is 5.75 Å². The molecule has 1 heterocycles. The van der Waals surface area contributed by atoms with Gasteiger partial charge in [-0.25, -0.2) is 0 Å². The summed E-state index contributed by atoms with van der Waals surface area (Å²) in [6, 6.07) is 17.1. The molecule has 0 saturated carbocycles. The molecule has 3 rings (SSSR count). The molecule has 0 N–H and O–H groups in total. The smallest absolute Gasteiger partial charge is 0.253 e. The van der Waals surface area contributed by atoms with Crippen LogP contribution in [0.15, 0.2) is 54.6 Å². The predicted molar refractivity (Wildman–Crippen MR) is 116 cm³/mol. The van der Waals surface area contributed by atoms with E-state index in [2.05, 4.69) is 11.2 Å². The van der Waals surface area contributed by atoms with Gasteiger partial charge in [-0.1, -0.05) is 23.7 Å². The van der Waals surface area contributed by atoms with E-state index in [4.69, 9.17) is 16.3 Å². The van der Waals surface area contributed by atoms with Crippen molar-refractivity contribution in [1.82, 2.24) is 14.7 Å². The summed E-state index contributed by atoms with van der Waals surface area (Å²) in [5, 5.41) is 5.18. The predicted octanol–water partition coefficient (Wildman–Crippen LogP) is 4.74. The van der Waals surface area contributed by atoms with Crippen LogP contribution < -0.4 is 4.74 Å². The Morgan fingerprint density at radius 3 is 2.59 bits per heavy atom. The van der Waals surface area contributed by atoms with Crippen LogP contribution in [0.1, 0.15) is 33.7 Å². The minimum Gasteiger partial charge on any atom is -0.494 e. The molecular formula is C23H26ClN3O2. The summed E-state index contributed by atoms with van der Waals surface area (Å²) in [7, 11) is 1.82. The molecule has 6 heteroatoms. The average molecular weight is 412 g/mol. The summed E-state index contributed by atoms with van der Waals surface area (Å²) in [6.45, 7) is 5.83. The molecule has 5 nitrogen and oxygen atoms in total. The van der Waals surface area contributed by atoms with E-state index in [-0.39, 0.29) is 5.91 Å². The van der Waals surface area contributed by atoms with E-state index in [1.54, 1.807) is 17.0 Å². The first kappa shape index (κ1) is 20.9. The number of ether oxygens (including phenoxy) is 1. The zero-order valence-corrected chi connectivity index (χ0v) is 17.8. The normalized spacial score (nSPS) is 10.8. The van der Waals surface area contributed by atoms with Gasteiger partial charge in [0.2, 0.25) is 0 Å². The van der Waals surface area contributed by atoms with Gasteiger partial charge in [-0.15, -0.1) is 0 Å². The Hall–Kier alpha value is -2.79. The highest BCUT2D eigenvalue weighted by atomic mass is 35.5. The van der Waals surface area contributed by atoms with Gasteiger partial charge >= 0.3 is 0 Å². The van der Waals surface area contributed by atoms with Crippen molar-refractivity contribution in [1.29, 1.82) is 0 Å². The maximum atomic E-state index is 12.8. The topological polar surface area (TPSA) is 47.4 Å². The van der Waals surface area contributed by atoms with Gasteiger partial charge in [0.25, 0.3) is 5.91 Å². The lowest BCUT2D eigenvalue weighted by molar-refractivity contribution is 0.0787. The lowest BCUT2D eigenvalue weighted by atomic mass is 10.1. The number of benzene rings is 2. The van der Waals surface area contributed by atoms with Crippen molar-refractivity contribution < 1.29 is 9.53 Å². The number of amides is 1. The summed E-state index contributed by atoms with van der Waals surface area (Å²) in [5.74, 6) is 0.784.